The molecule has 0 aliphatic carbocycles. The van der Waals surface area contributed by atoms with Crippen molar-refractivity contribution in [3.8, 4) is 5.75 Å². The third kappa shape index (κ3) is 7.59. The molecule has 28 heavy (non-hydrogen) atoms. The van der Waals surface area contributed by atoms with Gasteiger partial charge in [-0.15, -0.1) is 0 Å². The molecule has 3 N–H and O–H groups in total. The fraction of sp³-hybridized carbons (Fsp3) is 0.190. The lowest BCUT2D eigenvalue weighted by molar-refractivity contribution is -0.123. The van der Waals surface area contributed by atoms with E-state index in [9.17, 15) is 9.59 Å². The summed E-state index contributed by atoms with van der Waals surface area (Å²) in [4.78, 5) is 23.6. The zero-order valence-corrected chi connectivity index (χ0v) is 16.6. The Bertz CT molecular complexity index is 834. The number of hydrogen-bond acceptors (Lipinski definition) is 4. The maximum absolute atomic E-state index is 11.8. The van der Waals surface area contributed by atoms with Crippen molar-refractivity contribution >= 4 is 35.2 Å². The largest absolute Gasteiger partial charge is 0.484 e. The standard InChI is InChI=1S/C21H23N3O3S/c1-15(2)17-9-11-18(12-10-17)27-14-20(26)23-24-21(28)22-19(25)13-8-16-6-4-3-5-7-16/h3-13,15H,14H2,1-2H3,(H,23,26)(H2,22,24,25,28)/b13-8+. The quantitative estimate of drug-likeness (QED) is 0.397. The van der Waals surface area contributed by atoms with Crippen LogP contribution < -0.4 is 20.9 Å². The number of carbonyl (C=O) groups is 2. The molecule has 2 aromatic carbocycles. The molecule has 146 valence electrons. The van der Waals surface area contributed by atoms with Crippen LogP contribution in [0.3, 0.4) is 0 Å². The number of carbonyl (C=O) groups excluding carboxylic acids is 2. The molecule has 0 bridgehead atoms. The zero-order valence-electron chi connectivity index (χ0n) is 15.8. The van der Waals surface area contributed by atoms with Crippen LogP contribution in [0, 0.1) is 0 Å². The lowest BCUT2D eigenvalue weighted by atomic mass is 10.0. The maximum Gasteiger partial charge on any atom is 0.276 e. The Kier molecular flexibility index (Phi) is 8.17. The van der Waals surface area contributed by atoms with Gasteiger partial charge in [-0.05, 0) is 47.5 Å². The van der Waals surface area contributed by atoms with Gasteiger partial charge in [-0.25, -0.2) is 0 Å². The molecule has 0 radical (unpaired) electrons. The highest BCUT2D eigenvalue weighted by atomic mass is 32.1. The highest BCUT2D eigenvalue weighted by Gasteiger charge is 2.06. The number of thiocarbonyl (C=S) groups is 1. The van der Waals surface area contributed by atoms with E-state index in [4.69, 9.17) is 17.0 Å². The van der Waals surface area contributed by atoms with Gasteiger partial charge < -0.3 is 4.74 Å². The summed E-state index contributed by atoms with van der Waals surface area (Å²) in [6, 6.07) is 16.9. The second kappa shape index (κ2) is 10.8. The van der Waals surface area contributed by atoms with Gasteiger partial charge in [0.05, 0.1) is 0 Å². The predicted molar refractivity (Wildman–Crippen MR) is 114 cm³/mol. The molecule has 0 atom stereocenters. The first kappa shape index (κ1) is 21.1. The van der Waals surface area contributed by atoms with Gasteiger partial charge in [0.25, 0.3) is 5.91 Å². The molecule has 6 nitrogen and oxygen atoms in total. The van der Waals surface area contributed by atoms with Crippen LogP contribution >= 0.6 is 12.2 Å². The van der Waals surface area contributed by atoms with Gasteiger partial charge >= 0.3 is 0 Å². The van der Waals surface area contributed by atoms with E-state index >= 15 is 0 Å². The number of benzene rings is 2. The van der Waals surface area contributed by atoms with Gasteiger partial charge in [0.2, 0.25) is 5.91 Å². The number of hydrogen-bond donors (Lipinski definition) is 3. The van der Waals surface area contributed by atoms with Gasteiger partial charge in [0, 0.05) is 6.08 Å². The van der Waals surface area contributed by atoms with E-state index in [1.54, 1.807) is 6.08 Å². The second-order valence-electron chi connectivity index (χ2n) is 6.25. The van der Waals surface area contributed by atoms with Gasteiger partial charge in [-0.1, -0.05) is 56.3 Å². The van der Waals surface area contributed by atoms with Crippen LogP contribution in [0.25, 0.3) is 6.08 Å². The summed E-state index contributed by atoms with van der Waals surface area (Å²) in [5, 5.41) is 2.42. The normalized spacial score (nSPS) is 10.5. The van der Waals surface area contributed by atoms with E-state index < -0.39 is 11.8 Å². The molecule has 0 saturated carbocycles. The lowest BCUT2D eigenvalue weighted by Gasteiger charge is -2.11. The Morgan fingerprint density at radius 1 is 1.04 bits per heavy atom. The van der Waals surface area contributed by atoms with Crippen LogP contribution in [-0.4, -0.2) is 23.5 Å². The Morgan fingerprint density at radius 2 is 1.71 bits per heavy atom. The topological polar surface area (TPSA) is 79.5 Å². The Morgan fingerprint density at radius 3 is 2.36 bits per heavy atom. The van der Waals surface area contributed by atoms with Crippen molar-refractivity contribution in [2.45, 2.75) is 19.8 Å². The number of amides is 2. The molecule has 2 aromatic rings. The summed E-state index contributed by atoms with van der Waals surface area (Å²) >= 11 is 4.96. The molecular weight excluding hydrogens is 374 g/mol. The van der Waals surface area contributed by atoms with Gasteiger partial charge in [-0.3, -0.25) is 25.8 Å². The van der Waals surface area contributed by atoms with Crippen LogP contribution in [-0.2, 0) is 9.59 Å². The summed E-state index contributed by atoms with van der Waals surface area (Å²) in [6.45, 7) is 4.03. The first-order valence-corrected chi connectivity index (χ1v) is 9.20. The minimum Gasteiger partial charge on any atom is -0.484 e. The molecule has 2 amide bonds. The van der Waals surface area contributed by atoms with Crippen LogP contribution in [0.4, 0.5) is 0 Å². The highest BCUT2D eigenvalue weighted by Crippen LogP contribution is 2.18. The molecule has 2 rings (SSSR count). The Hall–Kier alpha value is -3.19. The van der Waals surface area contributed by atoms with E-state index in [1.807, 2.05) is 54.6 Å². The van der Waals surface area contributed by atoms with E-state index in [-0.39, 0.29) is 11.7 Å². The minimum absolute atomic E-state index is 0.0163. The molecule has 0 fully saturated rings. The first-order valence-electron chi connectivity index (χ1n) is 8.79. The predicted octanol–water partition coefficient (Wildman–Crippen LogP) is 2.92. The average molecular weight is 398 g/mol. The molecular formula is C21H23N3O3S. The van der Waals surface area contributed by atoms with Crippen LogP contribution in [0.2, 0.25) is 0 Å². The van der Waals surface area contributed by atoms with Crippen molar-refractivity contribution in [3.63, 3.8) is 0 Å². The fourth-order valence-corrected chi connectivity index (χ4v) is 2.33. The molecule has 7 heteroatoms. The van der Waals surface area contributed by atoms with Gasteiger partial charge in [0.1, 0.15) is 5.75 Å². The van der Waals surface area contributed by atoms with Crippen LogP contribution in [0.1, 0.15) is 30.9 Å². The highest BCUT2D eigenvalue weighted by molar-refractivity contribution is 7.80. The zero-order chi connectivity index (χ0) is 20.4. The minimum atomic E-state index is -0.427. The third-order valence-electron chi connectivity index (χ3n) is 3.70. The summed E-state index contributed by atoms with van der Waals surface area (Å²) in [7, 11) is 0. The summed E-state index contributed by atoms with van der Waals surface area (Å²) < 4.78 is 5.41. The van der Waals surface area contributed by atoms with Crippen LogP contribution in [0.5, 0.6) is 5.75 Å². The molecule has 0 spiro atoms. The van der Waals surface area contributed by atoms with E-state index in [1.165, 1.54) is 11.6 Å². The molecule has 0 aromatic heterocycles. The third-order valence-corrected chi connectivity index (χ3v) is 3.90. The summed E-state index contributed by atoms with van der Waals surface area (Å²) in [5.74, 6) is 0.197. The maximum atomic E-state index is 11.8. The molecule has 0 unspecified atom stereocenters. The van der Waals surface area contributed by atoms with Crippen molar-refractivity contribution in [3.05, 3.63) is 71.8 Å². The number of rotatable bonds is 6. The SMILES string of the molecule is CC(C)c1ccc(OCC(=O)NNC(=S)NC(=O)/C=C/c2ccccc2)cc1. The Balaban J connectivity index is 1.68. The second-order valence-corrected chi connectivity index (χ2v) is 6.66. The van der Waals surface area contributed by atoms with Gasteiger partial charge in [0.15, 0.2) is 11.7 Å². The van der Waals surface area contributed by atoms with E-state index in [2.05, 4.69) is 30.0 Å². The van der Waals surface area contributed by atoms with Crippen molar-refractivity contribution in [2.24, 2.45) is 0 Å². The average Bonchev–Trinajstić information content (AvgIpc) is 2.70. The number of hydrazine groups is 1. The summed E-state index contributed by atoms with van der Waals surface area (Å²) in [5.41, 5.74) is 6.91. The van der Waals surface area contributed by atoms with Crippen LogP contribution in [0.15, 0.2) is 60.7 Å². The molecule has 0 aliphatic heterocycles. The molecule has 0 saturated heterocycles. The number of nitrogens with one attached hydrogen (secondary N) is 3. The molecule has 0 heterocycles. The lowest BCUT2D eigenvalue weighted by Crippen LogP contribution is -2.49. The van der Waals surface area contributed by atoms with Crippen molar-refractivity contribution in [2.75, 3.05) is 6.61 Å². The summed E-state index contributed by atoms with van der Waals surface area (Å²) in [6.07, 6.45) is 3.02. The Labute approximate surface area is 169 Å². The molecule has 0 aliphatic rings. The van der Waals surface area contributed by atoms with Crippen molar-refractivity contribution in [1.82, 2.24) is 16.2 Å². The number of ether oxygens (including phenoxy) is 1. The van der Waals surface area contributed by atoms with E-state index in [0.29, 0.717) is 11.7 Å². The van der Waals surface area contributed by atoms with Crippen molar-refractivity contribution < 1.29 is 14.3 Å². The van der Waals surface area contributed by atoms with Crippen molar-refractivity contribution in [1.29, 1.82) is 0 Å². The van der Waals surface area contributed by atoms with Gasteiger partial charge in [-0.2, -0.15) is 0 Å². The fourth-order valence-electron chi connectivity index (χ4n) is 2.18. The van der Waals surface area contributed by atoms with E-state index in [0.717, 1.165) is 5.56 Å². The monoisotopic (exact) mass is 397 g/mol. The smallest absolute Gasteiger partial charge is 0.276 e. The first-order chi connectivity index (χ1) is 13.4.